The number of rotatable bonds is 4. The van der Waals surface area contributed by atoms with Crippen molar-refractivity contribution in [1.82, 2.24) is 4.98 Å². The number of fused-ring (bicyclic) bond motifs is 1. The largest absolute Gasteiger partial charge is 0.465 e. The van der Waals surface area contributed by atoms with E-state index in [-0.39, 0.29) is 14.8 Å². The lowest BCUT2D eigenvalue weighted by Gasteiger charge is -2.07. The van der Waals surface area contributed by atoms with Crippen LogP contribution >= 0.6 is 50.2 Å². The molecule has 0 amide bonds. The van der Waals surface area contributed by atoms with Crippen molar-refractivity contribution in [2.75, 3.05) is 11.8 Å². The number of carbonyl (C=O) groups excluding carboxylic acids is 1. The number of pyridine rings is 1. The molecule has 0 bridgehead atoms. The van der Waals surface area contributed by atoms with Crippen molar-refractivity contribution in [1.29, 1.82) is 0 Å². The standard InChI is InChI=1S/C13H8BrClN2O4S3/c1-21-13(18)10-9(6-3-2-4-16-12(6)23-10)17-24(19,20)8-5-7(14)11(15)22-8/h2-5,17H,1H3. The Morgan fingerprint density at radius 3 is 2.79 bits per heavy atom. The van der Waals surface area contributed by atoms with E-state index in [9.17, 15) is 13.2 Å². The summed E-state index contributed by atoms with van der Waals surface area (Å²) in [4.78, 5) is 16.8. The van der Waals surface area contributed by atoms with Gasteiger partial charge in [-0.15, -0.1) is 22.7 Å². The van der Waals surface area contributed by atoms with Crippen LogP contribution in [0, 0.1) is 0 Å². The van der Waals surface area contributed by atoms with Crippen LogP contribution in [0.15, 0.2) is 33.1 Å². The molecule has 6 nitrogen and oxygen atoms in total. The molecule has 0 fully saturated rings. The number of aromatic nitrogens is 1. The van der Waals surface area contributed by atoms with E-state index < -0.39 is 16.0 Å². The molecule has 0 atom stereocenters. The van der Waals surface area contributed by atoms with Crippen LogP contribution in [0.1, 0.15) is 9.67 Å². The molecule has 24 heavy (non-hydrogen) atoms. The van der Waals surface area contributed by atoms with Crippen LogP contribution in [-0.4, -0.2) is 26.5 Å². The highest BCUT2D eigenvalue weighted by molar-refractivity contribution is 9.10. The van der Waals surface area contributed by atoms with Gasteiger partial charge in [0.1, 0.15) is 18.3 Å². The Balaban J connectivity index is 2.13. The Morgan fingerprint density at radius 1 is 1.42 bits per heavy atom. The van der Waals surface area contributed by atoms with Gasteiger partial charge < -0.3 is 4.74 Å². The molecule has 3 heterocycles. The molecule has 1 N–H and O–H groups in total. The number of nitrogens with zero attached hydrogens (tertiary/aromatic N) is 1. The molecular formula is C13H8BrClN2O4S3. The zero-order valence-corrected chi connectivity index (χ0v) is 16.7. The summed E-state index contributed by atoms with van der Waals surface area (Å²) in [6, 6.07) is 4.74. The van der Waals surface area contributed by atoms with E-state index in [0.29, 0.717) is 19.0 Å². The van der Waals surface area contributed by atoms with Crippen LogP contribution in [0.4, 0.5) is 5.69 Å². The molecule has 0 aromatic carbocycles. The molecule has 0 radical (unpaired) electrons. The summed E-state index contributed by atoms with van der Waals surface area (Å²) in [6.45, 7) is 0. The summed E-state index contributed by atoms with van der Waals surface area (Å²) in [7, 11) is -2.68. The average molecular weight is 468 g/mol. The number of thiophene rings is 2. The van der Waals surface area contributed by atoms with E-state index in [2.05, 4.69) is 25.6 Å². The van der Waals surface area contributed by atoms with Crippen molar-refractivity contribution in [3.8, 4) is 0 Å². The molecule has 0 saturated heterocycles. The first kappa shape index (κ1) is 17.6. The fourth-order valence-electron chi connectivity index (χ4n) is 1.91. The van der Waals surface area contributed by atoms with Crippen LogP contribution in [-0.2, 0) is 14.8 Å². The third-order valence-electron chi connectivity index (χ3n) is 2.96. The van der Waals surface area contributed by atoms with Crippen LogP contribution in [0.3, 0.4) is 0 Å². The van der Waals surface area contributed by atoms with Gasteiger partial charge in [-0.2, -0.15) is 0 Å². The third kappa shape index (κ3) is 3.16. The molecule has 11 heteroatoms. The Morgan fingerprint density at radius 2 is 2.17 bits per heavy atom. The molecule has 3 aromatic heterocycles. The maximum atomic E-state index is 12.6. The number of nitrogens with one attached hydrogen (secondary N) is 1. The quantitative estimate of drug-likeness (QED) is 0.576. The van der Waals surface area contributed by atoms with E-state index in [1.54, 1.807) is 18.3 Å². The Kier molecular flexibility index (Phi) is 4.85. The molecule has 126 valence electrons. The van der Waals surface area contributed by atoms with Gasteiger partial charge in [0.05, 0.1) is 12.8 Å². The summed E-state index contributed by atoms with van der Waals surface area (Å²) in [5.41, 5.74) is 0.149. The summed E-state index contributed by atoms with van der Waals surface area (Å²) in [5.74, 6) is -0.638. The maximum absolute atomic E-state index is 12.6. The number of anilines is 1. The van der Waals surface area contributed by atoms with Crippen molar-refractivity contribution in [2.45, 2.75) is 4.21 Å². The van der Waals surface area contributed by atoms with Gasteiger partial charge in [0.15, 0.2) is 0 Å². The average Bonchev–Trinajstić information content (AvgIpc) is 3.08. The number of carbonyl (C=O) groups is 1. The number of esters is 1. The maximum Gasteiger partial charge on any atom is 0.350 e. The smallest absolute Gasteiger partial charge is 0.350 e. The van der Waals surface area contributed by atoms with E-state index in [1.807, 2.05) is 0 Å². The van der Waals surface area contributed by atoms with Gasteiger partial charge in [0.2, 0.25) is 0 Å². The van der Waals surface area contributed by atoms with Gasteiger partial charge in [-0.3, -0.25) is 4.72 Å². The Bertz CT molecular complexity index is 1030. The Labute approximate surface area is 158 Å². The van der Waals surface area contributed by atoms with Gasteiger partial charge in [-0.25, -0.2) is 18.2 Å². The van der Waals surface area contributed by atoms with Gasteiger partial charge in [0.25, 0.3) is 10.0 Å². The highest BCUT2D eigenvalue weighted by Crippen LogP contribution is 2.39. The van der Waals surface area contributed by atoms with Crippen molar-refractivity contribution < 1.29 is 17.9 Å². The van der Waals surface area contributed by atoms with Crippen LogP contribution in [0.25, 0.3) is 10.2 Å². The normalized spacial score (nSPS) is 11.6. The summed E-state index contributed by atoms with van der Waals surface area (Å²) < 4.78 is 33.3. The lowest BCUT2D eigenvalue weighted by atomic mass is 10.3. The fraction of sp³-hybridized carbons (Fsp3) is 0.0769. The van der Waals surface area contributed by atoms with Crippen LogP contribution < -0.4 is 4.72 Å². The monoisotopic (exact) mass is 466 g/mol. The minimum Gasteiger partial charge on any atom is -0.465 e. The lowest BCUT2D eigenvalue weighted by Crippen LogP contribution is -2.13. The predicted octanol–water partition coefficient (Wildman–Crippen LogP) is 4.36. The van der Waals surface area contributed by atoms with Gasteiger partial charge in [-0.05, 0) is 34.1 Å². The van der Waals surface area contributed by atoms with E-state index in [4.69, 9.17) is 16.3 Å². The fourth-order valence-corrected chi connectivity index (χ4v) is 6.39. The number of methoxy groups -OCH3 is 1. The van der Waals surface area contributed by atoms with E-state index >= 15 is 0 Å². The van der Waals surface area contributed by atoms with E-state index in [0.717, 1.165) is 22.7 Å². The summed E-state index contributed by atoms with van der Waals surface area (Å²) >= 11 is 11.1. The molecule has 0 aliphatic heterocycles. The second kappa shape index (κ2) is 6.60. The number of sulfonamides is 1. The second-order valence-electron chi connectivity index (χ2n) is 4.45. The minimum absolute atomic E-state index is 0.0263. The first-order chi connectivity index (χ1) is 11.3. The topological polar surface area (TPSA) is 85.4 Å². The first-order valence-electron chi connectivity index (χ1n) is 6.27. The van der Waals surface area contributed by atoms with E-state index in [1.165, 1.54) is 13.2 Å². The zero-order chi connectivity index (χ0) is 17.5. The lowest BCUT2D eigenvalue weighted by molar-refractivity contribution is 0.0607. The zero-order valence-electron chi connectivity index (χ0n) is 11.9. The van der Waals surface area contributed by atoms with Crippen molar-refractivity contribution in [2.24, 2.45) is 0 Å². The predicted molar refractivity (Wildman–Crippen MR) is 98.8 cm³/mol. The van der Waals surface area contributed by atoms with Crippen LogP contribution in [0.2, 0.25) is 4.34 Å². The highest BCUT2D eigenvalue weighted by atomic mass is 79.9. The first-order valence-corrected chi connectivity index (χ1v) is 10.6. The number of hydrogen-bond acceptors (Lipinski definition) is 7. The minimum atomic E-state index is -3.92. The third-order valence-corrected chi connectivity index (χ3v) is 8.35. The molecular weight excluding hydrogens is 460 g/mol. The molecule has 3 aromatic rings. The summed E-state index contributed by atoms with van der Waals surface area (Å²) in [5, 5.41) is 0.521. The number of ether oxygens (including phenoxy) is 1. The summed E-state index contributed by atoms with van der Waals surface area (Å²) in [6.07, 6.45) is 1.56. The highest BCUT2D eigenvalue weighted by Gasteiger charge is 2.26. The van der Waals surface area contributed by atoms with Gasteiger partial charge in [0, 0.05) is 16.1 Å². The molecule has 0 aliphatic carbocycles. The van der Waals surface area contributed by atoms with Gasteiger partial charge in [-0.1, -0.05) is 11.6 Å². The Hall–Kier alpha value is -1.20. The number of halogens is 2. The molecule has 0 spiro atoms. The SMILES string of the molecule is COC(=O)c1sc2ncccc2c1NS(=O)(=O)c1cc(Br)c(Cl)s1. The van der Waals surface area contributed by atoms with Crippen molar-refractivity contribution >= 4 is 82.1 Å². The van der Waals surface area contributed by atoms with Crippen molar-refractivity contribution in [3.63, 3.8) is 0 Å². The molecule has 0 aliphatic rings. The van der Waals surface area contributed by atoms with Gasteiger partial charge >= 0.3 is 5.97 Å². The molecule has 0 unspecified atom stereocenters. The molecule has 3 rings (SSSR count). The molecule has 0 saturated carbocycles. The van der Waals surface area contributed by atoms with Crippen molar-refractivity contribution in [3.05, 3.63) is 38.1 Å². The second-order valence-corrected chi connectivity index (χ2v) is 9.86. The van der Waals surface area contributed by atoms with Crippen LogP contribution in [0.5, 0.6) is 0 Å². The number of hydrogen-bond donors (Lipinski definition) is 1.